The van der Waals surface area contributed by atoms with Crippen molar-refractivity contribution >= 4 is 0 Å². The van der Waals surface area contributed by atoms with Crippen LogP contribution in [0.4, 0.5) is 0 Å². The molecule has 74 valence electrons. The first-order valence-corrected chi connectivity index (χ1v) is 5.00. The van der Waals surface area contributed by atoms with E-state index in [4.69, 9.17) is 5.73 Å². The molecule has 0 aliphatic carbocycles. The Balaban J connectivity index is 3.38. The van der Waals surface area contributed by atoms with Crippen molar-refractivity contribution in [2.75, 3.05) is 6.54 Å². The van der Waals surface area contributed by atoms with E-state index >= 15 is 0 Å². The van der Waals surface area contributed by atoms with Crippen LogP contribution in [0.3, 0.4) is 0 Å². The number of hydrogen-bond acceptors (Lipinski definition) is 2. The van der Waals surface area contributed by atoms with E-state index in [0.29, 0.717) is 6.04 Å². The standard InChI is InChI=1S/C10H24N2/c1-5-6-7-8-12-9(2)10(3,4)11/h9,12H,5-8,11H2,1-4H3. The van der Waals surface area contributed by atoms with E-state index in [1.165, 1.54) is 19.3 Å². The van der Waals surface area contributed by atoms with Crippen LogP contribution in [0, 0.1) is 0 Å². The predicted molar refractivity (Wildman–Crippen MR) is 55.3 cm³/mol. The van der Waals surface area contributed by atoms with Gasteiger partial charge in [0.15, 0.2) is 0 Å². The highest BCUT2D eigenvalue weighted by molar-refractivity contribution is 4.84. The minimum Gasteiger partial charge on any atom is -0.324 e. The summed E-state index contributed by atoms with van der Waals surface area (Å²) in [4.78, 5) is 0. The van der Waals surface area contributed by atoms with Gasteiger partial charge in [-0.2, -0.15) is 0 Å². The molecular weight excluding hydrogens is 148 g/mol. The van der Waals surface area contributed by atoms with Crippen molar-refractivity contribution in [3.8, 4) is 0 Å². The maximum atomic E-state index is 5.93. The van der Waals surface area contributed by atoms with E-state index in [-0.39, 0.29) is 5.54 Å². The Hall–Kier alpha value is -0.0800. The zero-order valence-electron chi connectivity index (χ0n) is 8.98. The van der Waals surface area contributed by atoms with Gasteiger partial charge in [0.05, 0.1) is 0 Å². The molecule has 0 radical (unpaired) electrons. The van der Waals surface area contributed by atoms with Crippen molar-refractivity contribution < 1.29 is 0 Å². The van der Waals surface area contributed by atoms with Gasteiger partial charge in [-0.3, -0.25) is 0 Å². The number of nitrogens with one attached hydrogen (secondary N) is 1. The first-order chi connectivity index (χ1) is 5.48. The molecule has 2 heteroatoms. The minimum absolute atomic E-state index is 0.105. The summed E-state index contributed by atoms with van der Waals surface area (Å²) in [7, 11) is 0. The summed E-state index contributed by atoms with van der Waals surface area (Å²) in [5, 5.41) is 3.43. The molecule has 0 rings (SSSR count). The summed E-state index contributed by atoms with van der Waals surface area (Å²) in [6, 6.07) is 0.398. The summed E-state index contributed by atoms with van der Waals surface area (Å²) in [5.74, 6) is 0. The van der Waals surface area contributed by atoms with Crippen LogP contribution in [0.25, 0.3) is 0 Å². The lowest BCUT2D eigenvalue weighted by molar-refractivity contribution is 0.361. The monoisotopic (exact) mass is 172 g/mol. The molecule has 0 spiro atoms. The number of unbranched alkanes of at least 4 members (excludes halogenated alkanes) is 2. The smallest absolute Gasteiger partial charge is 0.0249 e. The molecule has 0 aliphatic heterocycles. The predicted octanol–water partition coefficient (Wildman–Crippen LogP) is 1.89. The zero-order chi connectivity index (χ0) is 9.61. The molecular formula is C10H24N2. The van der Waals surface area contributed by atoms with Gasteiger partial charge in [-0.25, -0.2) is 0 Å². The Morgan fingerprint density at radius 1 is 1.33 bits per heavy atom. The molecule has 1 unspecified atom stereocenters. The molecule has 0 bridgehead atoms. The third kappa shape index (κ3) is 5.56. The molecule has 0 saturated carbocycles. The van der Waals surface area contributed by atoms with Crippen molar-refractivity contribution in [1.29, 1.82) is 0 Å². The van der Waals surface area contributed by atoms with Crippen LogP contribution in [0.5, 0.6) is 0 Å². The minimum atomic E-state index is -0.105. The van der Waals surface area contributed by atoms with Gasteiger partial charge < -0.3 is 11.1 Å². The molecule has 12 heavy (non-hydrogen) atoms. The highest BCUT2D eigenvalue weighted by Crippen LogP contribution is 2.03. The summed E-state index contributed by atoms with van der Waals surface area (Å²) >= 11 is 0. The van der Waals surface area contributed by atoms with E-state index in [0.717, 1.165) is 6.54 Å². The fourth-order valence-corrected chi connectivity index (χ4v) is 0.957. The van der Waals surface area contributed by atoms with Gasteiger partial charge in [0.1, 0.15) is 0 Å². The van der Waals surface area contributed by atoms with Gasteiger partial charge in [-0.05, 0) is 33.7 Å². The Morgan fingerprint density at radius 3 is 2.33 bits per heavy atom. The van der Waals surface area contributed by atoms with Gasteiger partial charge in [0.25, 0.3) is 0 Å². The molecule has 0 amide bonds. The first kappa shape index (κ1) is 11.9. The van der Waals surface area contributed by atoms with Crippen LogP contribution >= 0.6 is 0 Å². The highest BCUT2D eigenvalue weighted by atomic mass is 15.0. The molecule has 0 fully saturated rings. The van der Waals surface area contributed by atoms with Gasteiger partial charge in [0.2, 0.25) is 0 Å². The van der Waals surface area contributed by atoms with Gasteiger partial charge in [0, 0.05) is 11.6 Å². The Kier molecular flexibility index (Phi) is 5.51. The van der Waals surface area contributed by atoms with E-state index in [1.807, 2.05) is 0 Å². The van der Waals surface area contributed by atoms with Crippen molar-refractivity contribution in [3.05, 3.63) is 0 Å². The van der Waals surface area contributed by atoms with Crippen LogP contribution in [0.15, 0.2) is 0 Å². The van der Waals surface area contributed by atoms with E-state index in [9.17, 15) is 0 Å². The second-order valence-corrected chi connectivity index (χ2v) is 4.20. The first-order valence-electron chi connectivity index (χ1n) is 5.00. The van der Waals surface area contributed by atoms with Crippen molar-refractivity contribution in [2.45, 2.75) is 58.5 Å². The summed E-state index contributed by atoms with van der Waals surface area (Å²) < 4.78 is 0. The SMILES string of the molecule is CCCCCNC(C)C(C)(C)N. The van der Waals surface area contributed by atoms with Crippen LogP contribution < -0.4 is 11.1 Å². The average molecular weight is 172 g/mol. The molecule has 1 atom stereocenters. The quantitative estimate of drug-likeness (QED) is 0.600. The summed E-state index contributed by atoms with van der Waals surface area (Å²) in [5.41, 5.74) is 5.83. The number of hydrogen-bond donors (Lipinski definition) is 2. The second kappa shape index (κ2) is 5.55. The Morgan fingerprint density at radius 2 is 1.92 bits per heavy atom. The molecule has 0 aromatic carbocycles. The largest absolute Gasteiger partial charge is 0.324 e. The summed E-state index contributed by atoms with van der Waals surface area (Å²) in [6.45, 7) is 9.58. The second-order valence-electron chi connectivity index (χ2n) is 4.20. The van der Waals surface area contributed by atoms with Crippen molar-refractivity contribution in [2.24, 2.45) is 5.73 Å². The van der Waals surface area contributed by atoms with Crippen molar-refractivity contribution in [3.63, 3.8) is 0 Å². The van der Waals surface area contributed by atoms with E-state index in [2.05, 4.69) is 33.0 Å². The fraction of sp³-hybridized carbons (Fsp3) is 1.00. The zero-order valence-corrected chi connectivity index (χ0v) is 8.98. The summed E-state index contributed by atoms with van der Waals surface area (Å²) in [6.07, 6.45) is 3.85. The van der Waals surface area contributed by atoms with Crippen molar-refractivity contribution in [1.82, 2.24) is 5.32 Å². The Labute approximate surface area is 76.9 Å². The van der Waals surface area contributed by atoms with Crippen LogP contribution in [-0.4, -0.2) is 18.1 Å². The molecule has 0 aromatic heterocycles. The Bertz CT molecular complexity index is 105. The number of rotatable bonds is 6. The highest BCUT2D eigenvalue weighted by Gasteiger charge is 2.18. The van der Waals surface area contributed by atoms with Crippen LogP contribution in [-0.2, 0) is 0 Å². The van der Waals surface area contributed by atoms with Gasteiger partial charge in [-0.15, -0.1) is 0 Å². The van der Waals surface area contributed by atoms with Gasteiger partial charge >= 0.3 is 0 Å². The fourth-order valence-electron chi connectivity index (χ4n) is 0.957. The third-order valence-corrected chi connectivity index (χ3v) is 2.35. The molecule has 0 heterocycles. The molecule has 3 N–H and O–H groups in total. The molecule has 2 nitrogen and oxygen atoms in total. The lowest BCUT2D eigenvalue weighted by atomic mass is 9.98. The maximum absolute atomic E-state index is 5.93. The normalized spacial score (nSPS) is 14.8. The number of nitrogens with two attached hydrogens (primary N) is 1. The van der Waals surface area contributed by atoms with Crippen LogP contribution in [0.2, 0.25) is 0 Å². The molecule has 0 aromatic rings. The lowest BCUT2D eigenvalue weighted by Gasteiger charge is -2.28. The third-order valence-electron chi connectivity index (χ3n) is 2.35. The van der Waals surface area contributed by atoms with Gasteiger partial charge in [-0.1, -0.05) is 19.8 Å². The van der Waals surface area contributed by atoms with E-state index < -0.39 is 0 Å². The molecule has 0 aliphatic rings. The van der Waals surface area contributed by atoms with E-state index in [1.54, 1.807) is 0 Å². The maximum Gasteiger partial charge on any atom is 0.0249 e. The average Bonchev–Trinajstić information content (AvgIpc) is 1.96. The molecule has 0 saturated heterocycles. The lowest BCUT2D eigenvalue weighted by Crippen LogP contribution is -2.51. The van der Waals surface area contributed by atoms with Crippen LogP contribution in [0.1, 0.15) is 47.0 Å². The topological polar surface area (TPSA) is 38.0 Å².